The molecule has 0 N–H and O–H groups in total. The molecule has 2 aromatic heterocycles. The van der Waals surface area contributed by atoms with Gasteiger partial charge in [0, 0.05) is 23.0 Å². The molecular weight excluding hydrogens is 312 g/mol. The van der Waals surface area contributed by atoms with Crippen molar-refractivity contribution in [3.05, 3.63) is 34.0 Å². The maximum atomic E-state index is 5.70. The lowest BCUT2D eigenvalue weighted by Gasteiger charge is -2.35. The molecule has 2 heterocycles. The Bertz CT molecular complexity index is 765. The predicted molar refractivity (Wildman–Crippen MR) is 97.0 cm³/mol. The van der Waals surface area contributed by atoms with E-state index in [4.69, 9.17) is 9.05 Å². The van der Waals surface area contributed by atoms with E-state index in [9.17, 15) is 0 Å². The zero-order chi connectivity index (χ0) is 17.9. The van der Waals surface area contributed by atoms with Crippen molar-refractivity contribution in [1.29, 1.82) is 0 Å². The van der Waals surface area contributed by atoms with Gasteiger partial charge in [-0.2, -0.15) is 0 Å². The van der Waals surface area contributed by atoms with Gasteiger partial charge in [0.1, 0.15) is 11.5 Å². The fourth-order valence-electron chi connectivity index (χ4n) is 5.03. The average molecular weight is 342 g/mol. The minimum Gasteiger partial charge on any atom is -0.361 e. The first kappa shape index (κ1) is 16.9. The second kappa shape index (κ2) is 6.00. The second-order valence-electron chi connectivity index (χ2n) is 8.83. The van der Waals surface area contributed by atoms with Gasteiger partial charge < -0.3 is 9.05 Å². The van der Waals surface area contributed by atoms with E-state index in [1.807, 2.05) is 6.92 Å². The fourth-order valence-corrected chi connectivity index (χ4v) is 5.03. The van der Waals surface area contributed by atoms with E-state index in [2.05, 4.69) is 44.9 Å². The Balaban J connectivity index is 1.42. The molecule has 25 heavy (non-hydrogen) atoms. The van der Waals surface area contributed by atoms with Crippen LogP contribution in [0, 0.1) is 25.7 Å². The van der Waals surface area contributed by atoms with Gasteiger partial charge in [-0.3, -0.25) is 0 Å². The Kier molecular flexibility index (Phi) is 4.04. The quantitative estimate of drug-likeness (QED) is 0.686. The number of aromatic nitrogens is 2. The maximum absolute atomic E-state index is 5.70. The molecule has 136 valence electrons. The molecule has 4 rings (SSSR count). The molecular formula is C21H30N2O2. The van der Waals surface area contributed by atoms with E-state index >= 15 is 0 Å². The molecule has 0 saturated heterocycles. The first-order valence-corrected chi connectivity index (χ1v) is 9.80. The van der Waals surface area contributed by atoms with E-state index in [1.54, 1.807) is 0 Å². The summed E-state index contributed by atoms with van der Waals surface area (Å²) in [5.41, 5.74) is 4.98. The molecule has 0 aromatic carbocycles. The summed E-state index contributed by atoms with van der Waals surface area (Å²) < 4.78 is 11.2. The fraction of sp³-hybridized carbons (Fsp3) is 0.714. The number of hydrogen-bond acceptors (Lipinski definition) is 4. The molecule has 0 radical (unpaired) electrons. The third-order valence-electron chi connectivity index (χ3n) is 6.37. The smallest absolute Gasteiger partial charge is 0.143 e. The number of nitrogens with zero attached hydrogens (tertiary/aromatic N) is 2. The van der Waals surface area contributed by atoms with Crippen molar-refractivity contribution in [2.45, 2.75) is 84.5 Å². The van der Waals surface area contributed by atoms with Crippen molar-refractivity contribution in [2.75, 3.05) is 0 Å². The summed E-state index contributed by atoms with van der Waals surface area (Å²) in [4.78, 5) is 0. The van der Waals surface area contributed by atoms with Crippen molar-refractivity contribution in [1.82, 2.24) is 10.3 Å². The van der Waals surface area contributed by atoms with Crippen LogP contribution in [-0.4, -0.2) is 10.3 Å². The Morgan fingerprint density at radius 2 is 1.56 bits per heavy atom. The van der Waals surface area contributed by atoms with Crippen LogP contribution >= 0.6 is 0 Å². The van der Waals surface area contributed by atoms with Gasteiger partial charge in [-0.1, -0.05) is 38.0 Å². The number of aryl methyl sites for hydroxylation is 2. The lowest BCUT2D eigenvalue weighted by Crippen LogP contribution is -2.24. The average Bonchev–Trinajstić information content (AvgIpc) is 3.00. The standard InChI is InChI=1S/C21H30N2O2/c1-10(2)18-12(5)22-25-21(18)15-7-14(8-15)16-9-17(16)20-19(11(3)4)13(6)24-23-20/h10-11,14-17H,7-9H2,1-6H3. The maximum Gasteiger partial charge on any atom is 0.143 e. The molecule has 2 unspecified atom stereocenters. The molecule has 4 nitrogen and oxygen atoms in total. The predicted octanol–water partition coefficient (Wildman–Crippen LogP) is 5.82. The lowest BCUT2D eigenvalue weighted by molar-refractivity contribution is 0.191. The highest BCUT2D eigenvalue weighted by atomic mass is 16.5. The first-order chi connectivity index (χ1) is 11.9. The molecule has 2 aliphatic carbocycles. The van der Waals surface area contributed by atoms with Crippen molar-refractivity contribution in [2.24, 2.45) is 11.8 Å². The van der Waals surface area contributed by atoms with Crippen LogP contribution in [0.25, 0.3) is 0 Å². The van der Waals surface area contributed by atoms with Crippen molar-refractivity contribution >= 4 is 0 Å². The second-order valence-corrected chi connectivity index (χ2v) is 8.83. The van der Waals surface area contributed by atoms with Gasteiger partial charge in [-0.25, -0.2) is 0 Å². The largest absolute Gasteiger partial charge is 0.361 e. The van der Waals surface area contributed by atoms with Gasteiger partial charge in [0.2, 0.25) is 0 Å². The number of rotatable bonds is 5. The van der Waals surface area contributed by atoms with Crippen molar-refractivity contribution in [3.8, 4) is 0 Å². The summed E-state index contributed by atoms with van der Waals surface area (Å²) in [6, 6.07) is 0. The van der Waals surface area contributed by atoms with Crippen LogP contribution in [0.5, 0.6) is 0 Å². The van der Waals surface area contributed by atoms with Crippen LogP contribution in [0.1, 0.15) is 105 Å². The van der Waals surface area contributed by atoms with Gasteiger partial charge in [0.25, 0.3) is 0 Å². The topological polar surface area (TPSA) is 52.1 Å². The SMILES string of the molecule is Cc1noc(C2CC(C3CC3c3noc(C)c3C(C)C)C2)c1C(C)C. The Morgan fingerprint density at radius 3 is 2.20 bits per heavy atom. The van der Waals surface area contributed by atoms with E-state index in [-0.39, 0.29) is 0 Å². The van der Waals surface area contributed by atoms with Crippen LogP contribution in [0.3, 0.4) is 0 Å². The lowest BCUT2D eigenvalue weighted by atomic mass is 9.69. The van der Waals surface area contributed by atoms with Crippen molar-refractivity contribution < 1.29 is 9.05 Å². The molecule has 0 amide bonds. The Hall–Kier alpha value is -1.58. The molecule has 2 aliphatic rings. The molecule has 2 atom stereocenters. The minimum atomic E-state index is 0.487. The van der Waals surface area contributed by atoms with E-state index in [0.717, 1.165) is 29.1 Å². The van der Waals surface area contributed by atoms with Crippen LogP contribution in [0.2, 0.25) is 0 Å². The molecule has 0 spiro atoms. The Labute approximate surface area is 150 Å². The summed E-state index contributed by atoms with van der Waals surface area (Å²) in [7, 11) is 0. The third-order valence-corrected chi connectivity index (χ3v) is 6.37. The first-order valence-electron chi connectivity index (χ1n) is 9.80. The van der Waals surface area contributed by atoms with E-state index < -0.39 is 0 Å². The summed E-state index contributed by atoms with van der Waals surface area (Å²) in [5.74, 6) is 5.89. The summed E-state index contributed by atoms with van der Waals surface area (Å²) in [5, 5.41) is 8.63. The van der Waals surface area contributed by atoms with E-state index in [0.29, 0.717) is 23.7 Å². The monoisotopic (exact) mass is 342 g/mol. The normalized spacial score (nSPS) is 28.6. The van der Waals surface area contributed by atoms with Gasteiger partial charge in [0.05, 0.1) is 11.4 Å². The minimum absolute atomic E-state index is 0.487. The van der Waals surface area contributed by atoms with Crippen LogP contribution in [0.4, 0.5) is 0 Å². The highest BCUT2D eigenvalue weighted by molar-refractivity contribution is 5.34. The molecule has 0 aliphatic heterocycles. The van der Waals surface area contributed by atoms with Gasteiger partial charge in [0.15, 0.2) is 0 Å². The van der Waals surface area contributed by atoms with Crippen LogP contribution < -0.4 is 0 Å². The van der Waals surface area contributed by atoms with Crippen LogP contribution in [0.15, 0.2) is 9.05 Å². The zero-order valence-corrected chi connectivity index (χ0v) is 16.3. The van der Waals surface area contributed by atoms with Gasteiger partial charge >= 0.3 is 0 Å². The molecule has 2 fully saturated rings. The van der Waals surface area contributed by atoms with E-state index in [1.165, 1.54) is 36.1 Å². The summed E-state index contributed by atoms with van der Waals surface area (Å²) >= 11 is 0. The molecule has 4 heteroatoms. The summed E-state index contributed by atoms with van der Waals surface area (Å²) in [6.45, 7) is 13.0. The van der Waals surface area contributed by atoms with Gasteiger partial charge in [-0.15, -0.1) is 0 Å². The molecule has 2 saturated carbocycles. The Morgan fingerprint density at radius 1 is 0.880 bits per heavy atom. The van der Waals surface area contributed by atoms with Gasteiger partial charge in [-0.05, 0) is 56.8 Å². The molecule has 2 aromatic rings. The highest BCUT2D eigenvalue weighted by Crippen LogP contribution is 2.61. The highest BCUT2D eigenvalue weighted by Gasteiger charge is 2.51. The zero-order valence-electron chi connectivity index (χ0n) is 16.3. The van der Waals surface area contributed by atoms with Crippen LogP contribution in [-0.2, 0) is 0 Å². The summed E-state index contributed by atoms with van der Waals surface area (Å²) in [6.07, 6.45) is 3.75. The van der Waals surface area contributed by atoms with Crippen molar-refractivity contribution in [3.63, 3.8) is 0 Å². The third kappa shape index (κ3) is 2.74. The molecule has 0 bridgehead atoms. The number of hydrogen-bond donors (Lipinski definition) is 0.